The first-order valence-corrected chi connectivity index (χ1v) is 8.17. The highest BCUT2D eigenvalue weighted by molar-refractivity contribution is 6.30. The number of rotatable bonds is 6. The van der Waals surface area contributed by atoms with Crippen LogP contribution in [0.3, 0.4) is 0 Å². The molecule has 2 aromatic rings. The topological polar surface area (TPSA) is 63.2 Å². The van der Waals surface area contributed by atoms with E-state index in [1.165, 1.54) is 25.3 Å². The van der Waals surface area contributed by atoms with E-state index in [9.17, 15) is 13.6 Å². The summed E-state index contributed by atoms with van der Waals surface area (Å²) >= 11 is 6.07. The van der Waals surface area contributed by atoms with Gasteiger partial charge in [-0.25, -0.2) is 4.79 Å². The van der Waals surface area contributed by atoms with Gasteiger partial charge in [0.2, 0.25) is 0 Å². The Balaban J connectivity index is 1.74. The highest BCUT2D eigenvalue weighted by atomic mass is 35.5. The molecule has 0 unspecified atom stereocenters. The summed E-state index contributed by atoms with van der Waals surface area (Å²) in [6, 6.07) is 7.13. The number of hydrogen-bond acceptors (Lipinski definition) is 6. The van der Waals surface area contributed by atoms with Gasteiger partial charge in [-0.2, -0.15) is 8.78 Å². The molecule has 27 heavy (non-hydrogen) atoms. The summed E-state index contributed by atoms with van der Waals surface area (Å²) in [6.45, 7) is -2.65. The maximum absolute atomic E-state index is 12.4. The van der Waals surface area contributed by atoms with Crippen LogP contribution in [0.5, 0.6) is 17.2 Å². The van der Waals surface area contributed by atoms with E-state index >= 15 is 0 Å². The van der Waals surface area contributed by atoms with Gasteiger partial charge in [-0.1, -0.05) is 11.6 Å². The lowest BCUT2D eigenvalue weighted by Crippen LogP contribution is -2.14. The summed E-state index contributed by atoms with van der Waals surface area (Å²) in [6.07, 6.45) is 0. The van der Waals surface area contributed by atoms with Crippen molar-refractivity contribution >= 4 is 17.6 Å². The molecule has 0 atom stereocenters. The zero-order chi connectivity index (χ0) is 19.4. The van der Waals surface area contributed by atoms with Gasteiger partial charge in [-0.05, 0) is 30.3 Å². The quantitative estimate of drug-likeness (QED) is 0.678. The van der Waals surface area contributed by atoms with Crippen molar-refractivity contribution in [1.29, 1.82) is 0 Å². The van der Waals surface area contributed by atoms with Gasteiger partial charge in [0.1, 0.15) is 12.4 Å². The summed E-state index contributed by atoms with van der Waals surface area (Å²) in [7, 11) is 1.28. The van der Waals surface area contributed by atoms with Crippen molar-refractivity contribution < 1.29 is 37.3 Å². The number of carbonyl (C=O) groups is 1. The number of hydrogen-bond donors (Lipinski definition) is 0. The van der Waals surface area contributed by atoms with Gasteiger partial charge >= 0.3 is 12.6 Å². The van der Waals surface area contributed by atoms with Crippen LogP contribution in [0.2, 0.25) is 5.02 Å². The van der Waals surface area contributed by atoms with E-state index < -0.39 is 12.6 Å². The van der Waals surface area contributed by atoms with Gasteiger partial charge < -0.3 is 23.7 Å². The Morgan fingerprint density at radius 3 is 2.81 bits per heavy atom. The maximum Gasteiger partial charge on any atom is 0.387 e. The van der Waals surface area contributed by atoms with Crippen LogP contribution in [0.15, 0.2) is 30.3 Å². The van der Waals surface area contributed by atoms with Crippen LogP contribution in [-0.2, 0) is 22.7 Å². The fraction of sp³-hybridized carbons (Fsp3) is 0.278. The summed E-state index contributed by atoms with van der Waals surface area (Å²) < 4.78 is 50.0. The van der Waals surface area contributed by atoms with E-state index in [0.717, 1.165) is 5.56 Å². The van der Waals surface area contributed by atoms with Crippen LogP contribution in [0, 0.1) is 0 Å². The monoisotopic (exact) mass is 400 g/mol. The van der Waals surface area contributed by atoms with Crippen LogP contribution in [-0.4, -0.2) is 26.5 Å². The van der Waals surface area contributed by atoms with Crippen molar-refractivity contribution in [2.75, 3.05) is 13.9 Å². The van der Waals surface area contributed by atoms with Gasteiger partial charge in [0, 0.05) is 16.1 Å². The number of methoxy groups -OCH3 is 1. The minimum atomic E-state index is -3.00. The molecule has 0 fully saturated rings. The second-order valence-electron chi connectivity index (χ2n) is 5.48. The first-order valence-electron chi connectivity index (χ1n) is 7.79. The number of benzene rings is 2. The van der Waals surface area contributed by atoms with E-state index in [1.807, 2.05) is 0 Å². The Hall–Kier alpha value is -2.58. The van der Waals surface area contributed by atoms with E-state index in [2.05, 4.69) is 4.74 Å². The molecule has 1 heterocycles. The third-order valence-electron chi connectivity index (χ3n) is 3.73. The fourth-order valence-electron chi connectivity index (χ4n) is 2.58. The molecule has 1 aliphatic rings. The summed E-state index contributed by atoms with van der Waals surface area (Å²) in [5, 5.41) is 0.462. The number of alkyl halides is 2. The zero-order valence-corrected chi connectivity index (χ0v) is 14.9. The van der Waals surface area contributed by atoms with Crippen LogP contribution < -0.4 is 14.2 Å². The highest BCUT2D eigenvalue weighted by Crippen LogP contribution is 2.33. The van der Waals surface area contributed by atoms with Gasteiger partial charge in [-0.15, -0.1) is 0 Å². The Morgan fingerprint density at radius 1 is 1.26 bits per heavy atom. The Kier molecular flexibility index (Phi) is 5.98. The molecular formula is C18H15ClF2O6. The zero-order valence-electron chi connectivity index (χ0n) is 14.2. The second-order valence-corrected chi connectivity index (χ2v) is 5.92. The molecule has 9 heteroatoms. The fourth-order valence-corrected chi connectivity index (χ4v) is 2.84. The molecule has 0 saturated carbocycles. The number of carbonyl (C=O) groups excluding carboxylic acids is 1. The van der Waals surface area contributed by atoms with Crippen molar-refractivity contribution in [3.8, 4) is 17.2 Å². The third-order valence-corrected chi connectivity index (χ3v) is 3.94. The minimum Gasteiger partial charge on any atom is -0.493 e. The molecule has 0 radical (unpaired) electrons. The Morgan fingerprint density at radius 2 is 2.07 bits per heavy atom. The predicted molar refractivity (Wildman–Crippen MR) is 90.5 cm³/mol. The van der Waals surface area contributed by atoms with Crippen LogP contribution in [0.4, 0.5) is 8.78 Å². The van der Waals surface area contributed by atoms with E-state index in [-0.39, 0.29) is 30.5 Å². The number of halogens is 3. The smallest absolute Gasteiger partial charge is 0.387 e. The molecule has 0 aliphatic carbocycles. The highest BCUT2D eigenvalue weighted by Gasteiger charge is 2.19. The second kappa shape index (κ2) is 8.41. The maximum atomic E-state index is 12.4. The molecule has 2 aromatic carbocycles. The normalized spacial score (nSPS) is 12.9. The van der Waals surface area contributed by atoms with E-state index in [1.54, 1.807) is 12.1 Å². The largest absolute Gasteiger partial charge is 0.493 e. The average Bonchev–Trinajstić information content (AvgIpc) is 2.65. The van der Waals surface area contributed by atoms with Crippen molar-refractivity contribution in [1.82, 2.24) is 0 Å². The predicted octanol–water partition coefficient (Wildman–Crippen LogP) is 4.17. The van der Waals surface area contributed by atoms with Crippen LogP contribution >= 0.6 is 11.6 Å². The molecule has 6 nitrogen and oxygen atoms in total. The summed E-state index contributed by atoms with van der Waals surface area (Å²) in [5.74, 6) is -0.291. The van der Waals surface area contributed by atoms with Crippen molar-refractivity contribution in [3.63, 3.8) is 0 Å². The molecular weight excluding hydrogens is 386 g/mol. The molecule has 144 valence electrons. The Labute approximate surface area is 158 Å². The molecule has 0 amide bonds. The van der Waals surface area contributed by atoms with E-state index in [4.69, 9.17) is 30.5 Å². The molecule has 0 saturated heterocycles. The lowest BCUT2D eigenvalue weighted by Gasteiger charge is -2.21. The van der Waals surface area contributed by atoms with Crippen molar-refractivity contribution in [3.05, 3.63) is 52.0 Å². The van der Waals surface area contributed by atoms with Gasteiger partial charge in [0.05, 0.1) is 19.3 Å². The number of fused-ring (bicyclic) bond motifs is 1. The van der Waals surface area contributed by atoms with Crippen LogP contribution in [0.1, 0.15) is 21.5 Å². The van der Waals surface area contributed by atoms with Crippen LogP contribution in [0.25, 0.3) is 0 Å². The first kappa shape index (κ1) is 19.2. The SMILES string of the molecule is COc1cc(C(=O)OCc2cc(Cl)cc3c2OCOC3)ccc1OC(F)F. The number of ether oxygens (including phenoxy) is 5. The standard InChI is InChI=1S/C18H15ClF2O6/c1-23-15-6-10(2-3-14(15)27-18(20)21)17(22)25-8-12-5-13(19)4-11-7-24-9-26-16(11)12/h2-6,18H,7-9H2,1H3. The molecule has 0 spiro atoms. The van der Waals surface area contributed by atoms with Crippen molar-refractivity contribution in [2.24, 2.45) is 0 Å². The molecule has 0 N–H and O–H groups in total. The minimum absolute atomic E-state index is 0.00892. The van der Waals surface area contributed by atoms with Gasteiger partial charge in [0.25, 0.3) is 0 Å². The van der Waals surface area contributed by atoms with Gasteiger partial charge in [-0.3, -0.25) is 0 Å². The lowest BCUT2D eigenvalue weighted by atomic mass is 10.1. The Bertz CT molecular complexity index is 843. The molecule has 0 aromatic heterocycles. The summed E-state index contributed by atoms with van der Waals surface area (Å²) in [5.41, 5.74) is 1.47. The van der Waals surface area contributed by atoms with E-state index in [0.29, 0.717) is 22.9 Å². The third kappa shape index (κ3) is 4.58. The average molecular weight is 401 g/mol. The number of esters is 1. The molecule has 1 aliphatic heterocycles. The molecule has 3 rings (SSSR count). The summed E-state index contributed by atoms with van der Waals surface area (Å²) in [4.78, 5) is 12.3. The van der Waals surface area contributed by atoms with Crippen molar-refractivity contribution in [2.45, 2.75) is 19.8 Å². The van der Waals surface area contributed by atoms with Gasteiger partial charge in [0.15, 0.2) is 18.3 Å². The first-order chi connectivity index (χ1) is 13.0. The molecule has 0 bridgehead atoms. The lowest BCUT2D eigenvalue weighted by molar-refractivity contribution is -0.0512.